The second-order valence-corrected chi connectivity index (χ2v) is 6.12. The second kappa shape index (κ2) is 9.78. The first kappa shape index (κ1) is 18.9. The highest BCUT2D eigenvalue weighted by Crippen LogP contribution is 2.18. The first-order chi connectivity index (χ1) is 12.1. The maximum atomic E-state index is 12.0. The van der Waals surface area contributed by atoms with Crippen molar-refractivity contribution in [2.75, 3.05) is 32.1 Å². The van der Waals surface area contributed by atoms with Gasteiger partial charge in [-0.05, 0) is 62.5 Å². The Hall–Kier alpha value is -2.41. The number of rotatable bonds is 7. The molecule has 1 saturated heterocycles. The van der Waals surface area contributed by atoms with Gasteiger partial charge >= 0.3 is 5.97 Å². The lowest BCUT2D eigenvalue weighted by Gasteiger charge is -2.22. The molecule has 0 saturated carbocycles. The fourth-order valence-electron chi connectivity index (χ4n) is 2.76. The Morgan fingerprint density at radius 1 is 1.16 bits per heavy atom. The minimum absolute atomic E-state index is 0.0126. The third kappa shape index (κ3) is 6.54. The van der Waals surface area contributed by atoms with Crippen LogP contribution in [0.3, 0.4) is 0 Å². The third-order valence-electron chi connectivity index (χ3n) is 4.29. The van der Waals surface area contributed by atoms with E-state index in [1.807, 2.05) is 0 Å². The van der Waals surface area contributed by atoms with E-state index in [9.17, 15) is 14.4 Å². The number of benzene rings is 1. The molecule has 1 aliphatic heterocycles. The number of anilines is 1. The summed E-state index contributed by atoms with van der Waals surface area (Å²) in [5.41, 5.74) is 1.07. The molecule has 1 aromatic rings. The zero-order valence-electron chi connectivity index (χ0n) is 14.5. The molecule has 0 aliphatic carbocycles. The van der Waals surface area contributed by atoms with Crippen LogP contribution in [0.5, 0.6) is 0 Å². The summed E-state index contributed by atoms with van der Waals surface area (Å²) in [6.07, 6.45) is 3.67. The zero-order valence-corrected chi connectivity index (χ0v) is 14.5. The summed E-state index contributed by atoms with van der Waals surface area (Å²) in [4.78, 5) is 34.9. The molecular formula is C18H25N3O4. The maximum Gasteiger partial charge on any atom is 0.325 e. The summed E-state index contributed by atoms with van der Waals surface area (Å²) in [5.74, 6) is -0.269. The van der Waals surface area contributed by atoms with Crippen molar-refractivity contribution in [3.63, 3.8) is 0 Å². The summed E-state index contributed by atoms with van der Waals surface area (Å²) in [7, 11) is 1.26. The van der Waals surface area contributed by atoms with E-state index in [1.165, 1.54) is 7.11 Å². The summed E-state index contributed by atoms with van der Waals surface area (Å²) < 4.78 is 4.46. The number of carbonyl (C=O) groups excluding carboxylic acids is 3. The Bertz CT molecular complexity index is 595. The third-order valence-corrected chi connectivity index (χ3v) is 4.29. The fourth-order valence-corrected chi connectivity index (χ4v) is 2.76. The molecule has 1 fully saturated rings. The van der Waals surface area contributed by atoms with Crippen molar-refractivity contribution in [1.82, 2.24) is 10.6 Å². The number of hydrogen-bond acceptors (Lipinski definition) is 5. The van der Waals surface area contributed by atoms with Gasteiger partial charge in [-0.25, -0.2) is 0 Å². The molecule has 1 heterocycles. The van der Waals surface area contributed by atoms with Gasteiger partial charge in [-0.1, -0.05) is 0 Å². The van der Waals surface area contributed by atoms with Crippen LogP contribution in [-0.4, -0.2) is 44.5 Å². The molecule has 1 aromatic carbocycles. The van der Waals surface area contributed by atoms with Crippen LogP contribution in [0.25, 0.3) is 0 Å². The number of amides is 2. The van der Waals surface area contributed by atoms with E-state index in [2.05, 4.69) is 20.7 Å². The molecule has 3 N–H and O–H groups in total. The van der Waals surface area contributed by atoms with E-state index < -0.39 is 5.97 Å². The molecule has 2 rings (SSSR count). The Morgan fingerprint density at radius 3 is 2.48 bits per heavy atom. The van der Waals surface area contributed by atoms with E-state index in [4.69, 9.17) is 0 Å². The van der Waals surface area contributed by atoms with Crippen molar-refractivity contribution in [1.29, 1.82) is 0 Å². The average molecular weight is 347 g/mol. The van der Waals surface area contributed by atoms with Gasteiger partial charge in [0.2, 0.25) is 5.91 Å². The summed E-state index contributed by atoms with van der Waals surface area (Å²) in [5, 5.41) is 8.62. The van der Waals surface area contributed by atoms with Crippen LogP contribution in [0.1, 0.15) is 36.0 Å². The van der Waals surface area contributed by atoms with E-state index in [1.54, 1.807) is 24.3 Å². The van der Waals surface area contributed by atoms with Gasteiger partial charge < -0.3 is 20.7 Å². The molecule has 7 nitrogen and oxygen atoms in total. The van der Waals surface area contributed by atoms with Gasteiger partial charge in [-0.3, -0.25) is 14.4 Å². The Labute approximate surface area is 147 Å². The Morgan fingerprint density at radius 2 is 1.84 bits per heavy atom. The molecule has 0 atom stereocenters. The first-order valence-electron chi connectivity index (χ1n) is 8.54. The Kier molecular flexibility index (Phi) is 7.40. The normalized spacial score (nSPS) is 14.6. The lowest BCUT2D eigenvalue weighted by Crippen LogP contribution is -2.30. The SMILES string of the molecule is COC(=O)CNC(=O)c1ccc(NC(=O)CCC2CCNCC2)cc1. The number of carbonyl (C=O) groups is 3. The topological polar surface area (TPSA) is 96.5 Å². The number of ether oxygens (including phenoxy) is 1. The molecule has 25 heavy (non-hydrogen) atoms. The smallest absolute Gasteiger partial charge is 0.325 e. The highest BCUT2D eigenvalue weighted by molar-refractivity contribution is 5.97. The predicted molar refractivity (Wildman–Crippen MR) is 94.2 cm³/mol. The monoisotopic (exact) mass is 347 g/mol. The van der Waals surface area contributed by atoms with Crippen LogP contribution in [0.2, 0.25) is 0 Å². The largest absolute Gasteiger partial charge is 0.468 e. The lowest BCUT2D eigenvalue weighted by molar-refractivity contribution is -0.139. The van der Waals surface area contributed by atoms with Gasteiger partial charge in [-0.2, -0.15) is 0 Å². The lowest BCUT2D eigenvalue weighted by atomic mass is 9.93. The molecule has 136 valence electrons. The van der Waals surface area contributed by atoms with Crippen molar-refractivity contribution in [2.24, 2.45) is 5.92 Å². The quantitative estimate of drug-likeness (QED) is 0.646. The van der Waals surface area contributed by atoms with Crippen LogP contribution in [0.4, 0.5) is 5.69 Å². The van der Waals surface area contributed by atoms with E-state index >= 15 is 0 Å². The van der Waals surface area contributed by atoms with Crippen LogP contribution in [-0.2, 0) is 14.3 Å². The van der Waals surface area contributed by atoms with Gasteiger partial charge in [0.05, 0.1) is 7.11 Å². The van der Waals surface area contributed by atoms with E-state index in [0.29, 0.717) is 23.6 Å². The van der Waals surface area contributed by atoms with Crippen LogP contribution >= 0.6 is 0 Å². The highest BCUT2D eigenvalue weighted by atomic mass is 16.5. The van der Waals surface area contributed by atoms with Gasteiger partial charge in [0.25, 0.3) is 5.91 Å². The van der Waals surface area contributed by atoms with E-state index in [0.717, 1.165) is 32.4 Å². The second-order valence-electron chi connectivity index (χ2n) is 6.12. The van der Waals surface area contributed by atoms with Crippen molar-refractivity contribution < 1.29 is 19.1 Å². The number of methoxy groups -OCH3 is 1. The summed E-state index contributed by atoms with van der Waals surface area (Å²) in [6.45, 7) is 1.89. The number of hydrogen-bond donors (Lipinski definition) is 3. The zero-order chi connectivity index (χ0) is 18.1. The fraction of sp³-hybridized carbons (Fsp3) is 0.500. The predicted octanol–water partition coefficient (Wildman–Crippen LogP) is 1.31. The maximum absolute atomic E-state index is 12.0. The molecular weight excluding hydrogens is 322 g/mol. The van der Waals surface area contributed by atoms with Crippen LogP contribution in [0.15, 0.2) is 24.3 Å². The van der Waals surface area contributed by atoms with Gasteiger partial charge in [0.1, 0.15) is 6.54 Å². The molecule has 2 amide bonds. The van der Waals surface area contributed by atoms with Crippen LogP contribution < -0.4 is 16.0 Å². The highest BCUT2D eigenvalue weighted by Gasteiger charge is 2.14. The molecule has 0 unspecified atom stereocenters. The van der Waals surface area contributed by atoms with Gasteiger partial charge in [-0.15, -0.1) is 0 Å². The number of esters is 1. The van der Waals surface area contributed by atoms with Crippen LogP contribution in [0, 0.1) is 5.92 Å². The molecule has 0 aromatic heterocycles. The number of piperidine rings is 1. The molecule has 0 bridgehead atoms. The molecule has 0 spiro atoms. The molecule has 7 heteroatoms. The minimum Gasteiger partial charge on any atom is -0.468 e. The summed E-state index contributed by atoms with van der Waals surface area (Å²) >= 11 is 0. The number of nitrogens with one attached hydrogen (secondary N) is 3. The molecule has 0 radical (unpaired) electrons. The average Bonchev–Trinajstić information content (AvgIpc) is 2.65. The van der Waals surface area contributed by atoms with Crippen molar-refractivity contribution >= 4 is 23.5 Å². The summed E-state index contributed by atoms with van der Waals surface area (Å²) in [6, 6.07) is 6.56. The van der Waals surface area contributed by atoms with Crippen molar-refractivity contribution in [3.8, 4) is 0 Å². The van der Waals surface area contributed by atoms with Gasteiger partial charge in [0.15, 0.2) is 0 Å². The van der Waals surface area contributed by atoms with E-state index in [-0.39, 0.29) is 18.4 Å². The Balaban J connectivity index is 1.76. The standard InChI is InChI=1S/C18H25N3O4/c1-25-17(23)12-20-18(24)14-3-5-15(6-4-14)21-16(22)7-2-13-8-10-19-11-9-13/h3-6,13,19H,2,7-12H2,1H3,(H,20,24)(H,21,22). The minimum atomic E-state index is -0.508. The van der Waals surface area contributed by atoms with Crippen molar-refractivity contribution in [2.45, 2.75) is 25.7 Å². The molecule has 1 aliphatic rings. The first-order valence-corrected chi connectivity index (χ1v) is 8.54. The van der Waals surface area contributed by atoms with Crippen molar-refractivity contribution in [3.05, 3.63) is 29.8 Å². The van der Waals surface area contributed by atoms with Gasteiger partial charge in [0, 0.05) is 17.7 Å².